The number of benzene rings is 1. The number of aryl methyl sites for hydroxylation is 1. The molecule has 4 nitrogen and oxygen atoms in total. The molecule has 1 aliphatic rings. The lowest BCUT2D eigenvalue weighted by Gasteiger charge is -2.18. The summed E-state index contributed by atoms with van der Waals surface area (Å²) in [6.45, 7) is 2.08. The summed E-state index contributed by atoms with van der Waals surface area (Å²) in [7, 11) is 0. The number of H-pyrrole nitrogens is 1. The molecular formula is C17H19N3O. The molecule has 1 saturated carbocycles. The van der Waals surface area contributed by atoms with Gasteiger partial charge in [0.05, 0.1) is 0 Å². The van der Waals surface area contributed by atoms with E-state index in [1.165, 1.54) is 37.7 Å². The summed E-state index contributed by atoms with van der Waals surface area (Å²) < 4.78 is 5.86. The van der Waals surface area contributed by atoms with Crippen LogP contribution in [0.3, 0.4) is 0 Å². The molecule has 1 aromatic carbocycles. The van der Waals surface area contributed by atoms with E-state index in [1.807, 2.05) is 12.1 Å². The van der Waals surface area contributed by atoms with Gasteiger partial charge in [-0.2, -0.15) is 5.10 Å². The van der Waals surface area contributed by atoms with Gasteiger partial charge in [-0.25, -0.2) is 4.98 Å². The van der Waals surface area contributed by atoms with Crippen LogP contribution in [-0.2, 0) is 0 Å². The lowest BCUT2D eigenvalue weighted by molar-refractivity contribution is 0.429. The minimum atomic E-state index is 0.534. The molecule has 1 fully saturated rings. The van der Waals surface area contributed by atoms with Crippen molar-refractivity contribution in [3.63, 3.8) is 0 Å². The van der Waals surface area contributed by atoms with Crippen LogP contribution in [0.15, 0.2) is 28.7 Å². The maximum absolute atomic E-state index is 5.86. The number of aromatic nitrogens is 3. The summed E-state index contributed by atoms with van der Waals surface area (Å²) in [6.07, 6.45) is 6.37. The minimum Gasteiger partial charge on any atom is -0.453 e. The number of fused-ring (bicyclic) bond motifs is 1. The van der Waals surface area contributed by atoms with E-state index in [-0.39, 0.29) is 0 Å². The van der Waals surface area contributed by atoms with Crippen LogP contribution < -0.4 is 0 Å². The Kier molecular flexibility index (Phi) is 3.02. The van der Waals surface area contributed by atoms with Crippen molar-refractivity contribution < 1.29 is 4.42 Å². The molecule has 0 radical (unpaired) electrons. The highest BCUT2D eigenvalue weighted by Gasteiger charge is 2.20. The molecule has 21 heavy (non-hydrogen) atoms. The lowest BCUT2D eigenvalue weighted by atomic mass is 9.89. The van der Waals surface area contributed by atoms with E-state index in [2.05, 4.69) is 34.2 Å². The Morgan fingerprint density at radius 1 is 1.14 bits per heavy atom. The molecule has 0 unspecified atom stereocenters. The van der Waals surface area contributed by atoms with Gasteiger partial charge in [0.25, 0.3) is 0 Å². The molecule has 1 aliphatic carbocycles. The Morgan fingerprint density at radius 2 is 2.00 bits per heavy atom. The van der Waals surface area contributed by atoms with E-state index >= 15 is 0 Å². The van der Waals surface area contributed by atoms with Gasteiger partial charge < -0.3 is 4.42 Å². The second-order valence-electron chi connectivity index (χ2n) is 6.03. The van der Waals surface area contributed by atoms with Crippen molar-refractivity contribution in [2.24, 2.45) is 0 Å². The first-order valence-corrected chi connectivity index (χ1v) is 7.72. The van der Waals surface area contributed by atoms with Crippen LogP contribution in [0.1, 0.15) is 49.4 Å². The Hall–Kier alpha value is -2.10. The average Bonchev–Trinajstić information content (AvgIpc) is 3.14. The number of hydrogen-bond acceptors (Lipinski definition) is 3. The zero-order valence-corrected chi connectivity index (χ0v) is 12.2. The Morgan fingerprint density at radius 3 is 2.86 bits per heavy atom. The smallest absolute Gasteiger partial charge is 0.216 e. The highest BCUT2D eigenvalue weighted by atomic mass is 16.3. The number of aromatic amines is 1. The predicted molar refractivity (Wildman–Crippen MR) is 82.2 cm³/mol. The molecule has 0 saturated heterocycles. The van der Waals surface area contributed by atoms with Crippen molar-refractivity contribution in [1.82, 2.24) is 15.2 Å². The van der Waals surface area contributed by atoms with Crippen LogP contribution in [0.4, 0.5) is 0 Å². The molecule has 0 spiro atoms. The van der Waals surface area contributed by atoms with Crippen LogP contribution in [0.5, 0.6) is 0 Å². The highest BCUT2D eigenvalue weighted by molar-refractivity contribution is 5.82. The van der Waals surface area contributed by atoms with Crippen LogP contribution in [-0.4, -0.2) is 15.2 Å². The van der Waals surface area contributed by atoms with Gasteiger partial charge in [0, 0.05) is 11.3 Å². The van der Waals surface area contributed by atoms with Crippen molar-refractivity contribution in [3.05, 3.63) is 35.7 Å². The van der Waals surface area contributed by atoms with E-state index in [4.69, 9.17) is 4.42 Å². The van der Waals surface area contributed by atoms with Crippen molar-refractivity contribution >= 4 is 11.0 Å². The maximum atomic E-state index is 5.86. The molecule has 108 valence electrons. The van der Waals surface area contributed by atoms with Crippen LogP contribution in [0, 0.1) is 6.92 Å². The minimum absolute atomic E-state index is 0.534. The number of nitrogens with zero attached hydrogens (tertiary/aromatic N) is 2. The van der Waals surface area contributed by atoms with E-state index < -0.39 is 0 Å². The van der Waals surface area contributed by atoms with E-state index in [0.717, 1.165) is 22.6 Å². The van der Waals surface area contributed by atoms with Gasteiger partial charge in [-0.15, -0.1) is 0 Å². The Balaban J connectivity index is 1.67. The van der Waals surface area contributed by atoms with E-state index in [0.29, 0.717) is 11.7 Å². The van der Waals surface area contributed by atoms with Crippen molar-refractivity contribution in [3.8, 4) is 11.6 Å². The summed E-state index contributed by atoms with van der Waals surface area (Å²) in [5.41, 5.74) is 2.12. The fraction of sp³-hybridized carbons (Fsp3) is 0.412. The lowest BCUT2D eigenvalue weighted by Crippen LogP contribution is -2.06. The van der Waals surface area contributed by atoms with Crippen LogP contribution in [0.25, 0.3) is 22.6 Å². The predicted octanol–water partition coefficient (Wildman–Crippen LogP) is 4.57. The average molecular weight is 281 g/mol. The molecule has 0 aliphatic heterocycles. The molecule has 0 atom stereocenters. The first kappa shape index (κ1) is 12.6. The molecule has 2 aromatic heterocycles. The maximum Gasteiger partial charge on any atom is 0.216 e. The van der Waals surface area contributed by atoms with Gasteiger partial charge in [0.15, 0.2) is 5.76 Å². The second kappa shape index (κ2) is 5.02. The summed E-state index contributed by atoms with van der Waals surface area (Å²) in [4.78, 5) is 4.66. The van der Waals surface area contributed by atoms with Gasteiger partial charge in [0.2, 0.25) is 5.82 Å². The summed E-state index contributed by atoms with van der Waals surface area (Å²) in [5, 5.41) is 8.56. The fourth-order valence-electron chi connectivity index (χ4n) is 3.22. The molecule has 1 N–H and O–H groups in total. The van der Waals surface area contributed by atoms with E-state index in [1.54, 1.807) is 0 Å². The zero-order valence-electron chi connectivity index (χ0n) is 12.2. The quantitative estimate of drug-likeness (QED) is 0.748. The normalized spacial score (nSPS) is 16.6. The van der Waals surface area contributed by atoms with Gasteiger partial charge >= 0.3 is 0 Å². The van der Waals surface area contributed by atoms with Crippen LogP contribution in [0.2, 0.25) is 0 Å². The van der Waals surface area contributed by atoms with Crippen molar-refractivity contribution in [1.29, 1.82) is 0 Å². The highest BCUT2D eigenvalue weighted by Crippen LogP contribution is 2.32. The SMILES string of the molecule is Cc1ccc2oc(-c3n[nH]c(C4CCCCC4)n3)cc2c1. The van der Waals surface area contributed by atoms with Gasteiger partial charge in [-0.05, 0) is 38.0 Å². The third-order valence-electron chi connectivity index (χ3n) is 4.39. The largest absolute Gasteiger partial charge is 0.453 e. The molecular weight excluding hydrogens is 262 g/mol. The molecule has 3 aromatic rings. The van der Waals surface area contributed by atoms with Crippen molar-refractivity contribution in [2.75, 3.05) is 0 Å². The fourth-order valence-corrected chi connectivity index (χ4v) is 3.22. The number of nitrogens with one attached hydrogen (secondary N) is 1. The molecule has 2 heterocycles. The molecule has 4 rings (SSSR count). The standard InChI is InChI=1S/C17H19N3O/c1-11-7-8-14-13(9-11)10-15(21-14)17-18-16(19-20-17)12-5-3-2-4-6-12/h7-10,12H,2-6H2,1H3,(H,18,19,20). The van der Waals surface area contributed by atoms with Crippen molar-refractivity contribution in [2.45, 2.75) is 44.9 Å². The third-order valence-corrected chi connectivity index (χ3v) is 4.39. The van der Waals surface area contributed by atoms with Crippen LogP contribution >= 0.6 is 0 Å². The van der Waals surface area contributed by atoms with Gasteiger partial charge in [-0.3, -0.25) is 5.10 Å². The summed E-state index contributed by atoms with van der Waals surface area (Å²) >= 11 is 0. The first-order valence-electron chi connectivity index (χ1n) is 7.72. The summed E-state index contributed by atoms with van der Waals surface area (Å²) in [6, 6.07) is 8.21. The van der Waals surface area contributed by atoms with E-state index in [9.17, 15) is 0 Å². The zero-order chi connectivity index (χ0) is 14.2. The third kappa shape index (κ3) is 2.35. The van der Waals surface area contributed by atoms with Gasteiger partial charge in [-0.1, -0.05) is 30.9 Å². The topological polar surface area (TPSA) is 54.7 Å². The number of rotatable bonds is 2. The monoisotopic (exact) mass is 281 g/mol. The molecule has 4 heteroatoms. The number of hydrogen-bond donors (Lipinski definition) is 1. The Bertz CT molecular complexity index is 765. The Labute approximate surface area is 123 Å². The number of furan rings is 1. The molecule has 0 bridgehead atoms. The van der Waals surface area contributed by atoms with Gasteiger partial charge in [0.1, 0.15) is 11.4 Å². The molecule has 0 amide bonds. The second-order valence-corrected chi connectivity index (χ2v) is 6.03. The summed E-state index contributed by atoms with van der Waals surface area (Å²) in [5.74, 6) is 2.96. The first-order chi connectivity index (χ1) is 10.3.